The van der Waals surface area contributed by atoms with Crippen LogP contribution in [0.5, 0.6) is 0 Å². The average molecular weight is 366 g/mol. The summed E-state index contributed by atoms with van der Waals surface area (Å²) in [5.74, 6) is 0.645. The lowest BCUT2D eigenvalue weighted by atomic mass is 9.89. The number of nitrogens with zero attached hydrogens (tertiary/aromatic N) is 2. The van der Waals surface area contributed by atoms with E-state index in [1.165, 1.54) is 0 Å². The Labute approximate surface area is 157 Å². The van der Waals surface area contributed by atoms with Crippen LogP contribution in [-0.4, -0.2) is 40.6 Å². The molecule has 140 valence electrons. The van der Waals surface area contributed by atoms with Crippen molar-refractivity contribution in [2.75, 3.05) is 18.4 Å². The predicted octanol–water partition coefficient (Wildman–Crippen LogP) is 2.33. The van der Waals surface area contributed by atoms with E-state index in [1.54, 1.807) is 13.0 Å². The Balaban J connectivity index is 1.41. The molecule has 27 heavy (non-hydrogen) atoms. The molecule has 2 amide bonds. The maximum atomic E-state index is 12.8. The fourth-order valence-electron chi connectivity index (χ4n) is 4.91. The molecular weight excluding hydrogens is 344 g/mol. The highest BCUT2D eigenvalue weighted by Crippen LogP contribution is 2.47. The number of rotatable bonds is 1. The highest BCUT2D eigenvalue weighted by atomic mass is 16.5. The van der Waals surface area contributed by atoms with Crippen molar-refractivity contribution in [3.8, 4) is 0 Å². The Morgan fingerprint density at radius 2 is 2.11 bits per heavy atom. The molecule has 3 atom stereocenters. The van der Waals surface area contributed by atoms with Crippen LogP contribution in [0.15, 0.2) is 28.8 Å². The summed E-state index contributed by atoms with van der Waals surface area (Å²) in [7, 11) is 0. The van der Waals surface area contributed by atoms with Gasteiger partial charge in [-0.1, -0.05) is 16.8 Å². The maximum Gasteiger partial charge on any atom is 0.292 e. The standard InChI is InChI=1S/C20H22N4O3/c1-11-3-4-16-14(7-11)18(25)22-20(21-16)6-5-13-9-24(10-15(13)20)19(26)17-8-12(2)23-27-17/h3-4,7-8,13,15,21H,5-6,9-10H2,1-2H3,(H,22,25)/t13-,15+,20+/m0/s1. The highest BCUT2D eigenvalue weighted by molar-refractivity contribution is 6.02. The van der Waals surface area contributed by atoms with Crippen LogP contribution in [0.1, 0.15) is 45.0 Å². The zero-order chi connectivity index (χ0) is 18.8. The number of aromatic nitrogens is 1. The summed E-state index contributed by atoms with van der Waals surface area (Å²) in [6.07, 6.45) is 1.84. The Morgan fingerprint density at radius 3 is 2.89 bits per heavy atom. The van der Waals surface area contributed by atoms with Gasteiger partial charge in [-0.25, -0.2) is 0 Å². The lowest BCUT2D eigenvalue weighted by molar-refractivity contribution is 0.0727. The molecular formula is C20H22N4O3. The fourth-order valence-corrected chi connectivity index (χ4v) is 4.91. The van der Waals surface area contributed by atoms with E-state index < -0.39 is 5.66 Å². The first-order chi connectivity index (χ1) is 12.9. The number of carbonyl (C=O) groups is 2. The molecule has 1 aromatic heterocycles. The number of fused-ring (bicyclic) bond motifs is 3. The van der Waals surface area contributed by atoms with Crippen molar-refractivity contribution in [3.05, 3.63) is 46.8 Å². The summed E-state index contributed by atoms with van der Waals surface area (Å²) >= 11 is 0. The Kier molecular flexibility index (Phi) is 3.38. The van der Waals surface area contributed by atoms with Crippen molar-refractivity contribution in [2.24, 2.45) is 11.8 Å². The smallest absolute Gasteiger partial charge is 0.292 e. The van der Waals surface area contributed by atoms with Crippen LogP contribution in [0.3, 0.4) is 0 Å². The van der Waals surface area contributed by atoms with Crippen molar-refractivity contribution in [2.45, 2.75) is 32.4 Å². The molecule has 1 aromatic carbocycles. The fraction of sp³-hybridized carbons (Fsp3) is 0.450. The third kappa shape index (κ3) is 2.44. The van der Waals surface area contributed by atoms with E-state index in [0.29, 0.717) is 30.3 Å². The van der Waals surface area contributed by atoms with E-state index in [9.17, 15) is 9.59 Å². The van der Waals surface area contributed by atoms with E-state index >= 15 is 0 Å². The van der Waals surface area contributed by atoms with E-state index in [0.717, 1.165) is 24.1 Å². The quantitative estimate of drug-likeness (QED) is 0.809. The van der Waals surface area contributed by atoms with Crippen molar-refractivity contribution in [1.82, 2.24) is 15.4 Å². The minimum atomic E-state index is -0.490. The predicted molar refractivity (Wildman–Crippen MR) is 98.4 cm³/mol. The van der Waals surface area contributed by atoms with Crippen molar-refractivity contribution in [1.29, 1.82) is 0 Å². The molecule has 7 nitrogen and oxygen atoms in total. The number of anilines is 1. The molecule has 3 aliphatic rings. The molecule has 0 unspecified atom stereocenters. The summed E-state index contributed by atoms with van der Waals surface area (Å²) in [5.41, 5.74) is 2.83. The van der Waals surface area contributed by atoms with Gasteiger partial charge in [0.15, 0.2) is 0 Å². The number of aryl methyl sites for hydroxylation is 2. The first kappa shape index (κ1) is 16.4. The molecule has 0 radical (unpaired) electrons. The monoisotopic (exact) mass is 366 g/mol. The third-order valence-corrected chi connectivity index (χ3v) is 6.22. The van der Waals surface area contributed by atoms with Gasteiger partial charge in [0.1, 0.15) is 5.66 Å². The topological polar surface area (TPSA) is 87.5 Å². The molecule has 0 bridgehead atoms. The zero-order valence-electron chi connectivity index (χ0n) is 15.4. The van der Waals surface area contributed by atoms with Gasteiger partial charge in [0.05, 0.1) is 11.3 Å². The second-order valence-corrected chi connectivity index (χ2v) is 8.05. The molecule has 5 rings (SSSR count). The maximum absolute atomic E-state index is 12.8. The van der Waals surface area contributed by atoms with Crippen LogP contribution in [0.25, 0.3) is 0 Å². The van der Waals surface area contributed by atoms with Gasteiger partial charge in [-0.2, -0.15) is 0 Å². The number of amides is 2. The van der Waals surface area contributed by atoms with Gasteiger partial charge in [-0.3, -0.25) is 9.59 Å². The van der Waals surface area contributed by atoms with Gasteiger partial charge in [0, 0.05) is 30.8 Å². The molecule has 7 heteroatoms. The van der Waals surface area contributed by atoms with E-state index in [4.69, 9.17) is 4.52 Å². The number of benzene rings is 1. The number of hydrogen-bond donors (Lipinski definition) is 2. The van der Waals surface area contributed by atoms with Crippen molar-refractivity contribution in [3.63, 3.8) is 0 Å². The summed E-state index contributed by atoms with van der Waals surface area (Å²) in [4.78, 5) is 27.3. The van der Waals surface area contributed by atoms with Crippen LogP contribution in [-0.2, 0) is 0 Å². The van der Waals surface area contributed by atoms with Crippen LogP contribution >= 0.6 is 0 Å². The van der Waals surface area contributed by atoms with E-state index in [2.05, 4.69) is 15.8 Å². The van der Waals surface area contributed by atoms with Gasteiger partial charge in [-0.15, -0.1) is 0 Å². The average Bonchev–Trinajstić information content (AvgIpc) is 3.33. The zero-order valence-corrected chi connectivity index (χ0v) is 15.4. The molecule has 1 aliphatic carbocycles. The molecule has 1 saturated heterocycles. The Morgan fingerprint density at radius 1 is 1.26 bits per heavy atom. The van der Waals surface area contributed by atoms with Crippen LogP contribution in [0.2, 0.25) is 0 Å². The third-order valence-electron chi connectivity index (χ3n) is 6.22. The number of likely N-dealkylation sites (tertiary alicyclic amines) is 1. The minimum absolute atomic E-state index is 0.0382. The summed E-state index contributed by atoms with van der Waals surface area (Å²) < 4.78 is 5.15. The summed E-state index contributed by atoms with van der Waals surface area (Å²) in [5, 5.41) is 10.6. The lowest BCUT2D eigenvalue weighted by Gasteiger charge is -2.42. The number of carbonyl (C=O) groups excluding carboxylic acids is 2. The van der Waals surface area contributed by atoms with Crippen molar-refractivity contribution < 1.29 is 14.1 Å². The van der Waals surface area contributed by atoms with Gasteiger partial charge in [0.2, 0.25) is 5.76 Å². The Bertz CT molecular complexity index is 952. The van der Waals surface area contributed by atoms with Gasteiger partial charge in [0.25, 0.3) is 11.8 Å². The molecule has 1 saturated carbocycles. The SMILES string of the molecule is Cc1ccc2c(c1)C(=O)N[C@@]1(CC[C@H]3CN(C(=O)c4cc(C)no4)C[C@H]31)N2. The second-order valence-electron chi connectivity index (χ2n) is 8.05. The first-order valence-corrected chi connectivity index (χ1v) is 9.39. The van der Waals surface area contributed by atoms with E-state index in [1.807, 2.05) is 30.0 Å². The molecule has 1 spiro atoms. The summed E-state index contributed by atoms with van der Waals surface area (Å²) in [6.45, 7) is 5.06. The minimum Gasteiger partial charge on any atom is -0.362 e. The Hall–Kier alpha value is -2.83. The van der Waals surface area contributed by atoms with Gasteiger partial charge >= 0.3 is 0 Å². The van der Waals surface area contributed by atoms with Gasteiger partial charge in [-0.05, 0) is 44.7 Å². The largest absolute Gasteiger partial charge is 0.362 e. The molecule has 2 fully saturated rings. The van der Waals surface area contributed by atoms with Crippen LogP contribution in [0.4, 0.5) is 5.69 Å². The molecule has 3 heterocycles. The second kappa shape index (κ2) is 5.58. The van der Waals surface area contributed by atoms with Crippen LogP contribution in [0, 0.1) is 25.7 Å². The molecule has 2 aliphatic heterocycles. The lowest BCUT2D eigenvalue weighted by Crippen LogP contribution is -2.61. The number of nitrogens with one attached hydrogen (secondary N) is 2. The number of hydrogen-bond acceptors (Lipinski definition) is 5. The van der Waals surface area contributed by atoms with Gasteiger partial charge < -0.3 is 20.1 Å². The molecule has 2 N–H and O–H groups in total. The highest BCUT2D eigenvalue weighted by Gasteiger charge is 2.55. The van der Waals surface area contributed by atoms with Crippen LogP contribution < -0.4 is 10.6 Å². The van der Waals surface area contributed by atoms with E-state index in [-0.39, 0.29) is 23.5 Å². The summed E-state index contributed by atoms with van der Waals surface area (Å²) in [6, 6.07) is 7.58. The first-order valence-electron chi connectivity index (χ1n) is 9.39. The van der Waals surface area contributed by atoms with Crippen molar-refractivity contribution >= 4 is 17.5 Å². The molecule has 2 aromatic rings. The normalized spacial score (nSPS) is 28.7.